The summed E-state index contributed by atoms with van der Waals surface area (Å²) in [6, 6.07) is 5.02. The summed E-state index contributed by atoms with van der Waals surface area (Å²) >= 11 is 0. The third-order valence-electron chi connectivity index (χ3n) is 4.44. The summed E-state index contributed by atoms with van der Waals surface area (Å²) < 4.78 is 5.96. The summed E-state index contributed by atoms with van der Waals surface area (Å²) in [4.78, 5) is 11.1. The highest BCUT2D eigenvalue weighted by molar-refractivity contribution is 5.90. The molecule has 21 heavy (non-hydrogen) atoms. The Morgan fingerprint density at radius 3 is 2.81 bits per heavy atom. The molecule has 0 saturated carbocycles. The Hall–Kier alpha value is -1.75. The van der Waals surface area contributed by atoms with Gasteiger partial charge in [0.05, 0.1) is 22.5 Å². The van der Waals surface area contributed by atoms with Crippen molar-refractivity contribution in [2.45, 2.75) is 51.2 Å². The highest BCUT2D eigenvalue weighted by Gasteiger charge is 2.34. The van der Waals surface area contributed by atoms with Gasteiger partial charge in [0.2, 0.25) is 0 Å². The Kier molecular flexibility index (Phi) is 4.73. The van der Waals surface area contributed by atoms with Crippen molar-refractivity contribution in [2.24, 2.45) is 0 Å². The number of carboxylic acids is 1. The minimum Gasteiger partial charge on any atom is -0.478 e. The van der Waals surface area contributed by atoms with Crippen molar-refractivity contribution in [1.29, 1.82) is 0 Å². The smallest absolute Gasteiger partial charge is 0.335 e. The van der Waals surface area contributed by atoms with Crippen LogP contribution in [0.25, 0.3) is 0 Å². The Morgan fingerprint density at radius 1 is 1.48 bits per heavy atom. The average molecular weight is 292 g/mol. The van der Waals surface area contributed by atoms with Gasteiger partial charge in [0.1, 0.15) is 0 Å². The summed E-state index contributed by atoms with van der Waals surface area (Å²) in [6.07, 6.45) is 3.77. The van der Waals surface area contributed by atoms with Crippen molar-refractivity contribution in [3.8, 4) is 0 Å². The van der Waals surface area contributed by atoms with Crippen molar-refractivity contribution in [3.63, 3.8) is 0 Å². The van der Waals surface area contributed by atoms with Gasteiger partial charge in [-0.2, -0.15) is 0 Å². The predicted octanol–water partition coefficient (Wildman–Crippen LogP) is 3.12. The lowest BCUT2D eigenvalue weighted by atomic mass is 9.86. The van der Waals surface area contributed by atoms with E-state index in [1.54, 1.807) is 12.1 Å². The predicted molar refractivity (Wildman–Crippen MR) is 83.7 cm³/mol. The van der Waals surface area contributed by atoms with Crippen LogP contribution in [0.2, 0.25) is 0 Å². The molecule has 0 aliphatic carbocycles. The number of rotatable bonds is 5. The van der Waals surface area contributed by atoms with Gasteiger partial charge in [-0.1, -0.05) is 13.8 Å². The molecule has 1 saturated heterocycles. The monoisotopic (exact) mass is 292 g/mol. The van der Waals surface area contributed by atoms with Gasteiger partial charge in [-0.05, 0) is 43.9 Å². The molecule has 1 aliphatic rings. The molecule has 5 nitrogen and oxygen atoms in total. The number of anilines is 2. The van der Waals surface area contributed by atoms with Crippen LogP contribution in [0.3, 0.4) is 0 Å². The van der Waals surface area contributed by atoms with Crippen LogP contribution in [0, 0.1) is 0 Å². The van der Waals surface area contributed by atoms with E-state index in [0.717, 1.165) is 32.3 Å². The van der Waals surface area contributed by atoms with E-state index in [4.69, 9.17) is 15.6 Å². The fraction of sp³-hybridized carbons (Fsp3) is 0.562. The molecule has 1 aromatic carbocycles. The van der Waals surface area contributed by atoms with E-state index in [0.29, 0.717) is 11.4 Å². The molecule has 1 aliphatic heterocycles. The van der Waals surface area contributed by atoms with Crippen molar-refractivity contribution in [3.05, 3.63) is 23.8 Å². The van der Waals surface area contributed by atoms with Gasteiger partial charge >= 0.3 is 5.97 Å². The lowest BCUT2D eigenvalue weighted by Gasteiger charge is -2.40. The summed E-state index contributed by atoms with van der Waals surface area (Å²) in [5.41, 5.74) is 7.40. The van der Waals surface area contributed by atoms with E-state index >= 15 is 0 Å². The fourth-order valence-electron chi connectivity index (χ4n) is 2.93. The largest absolute Gasteiger partial charge is 0.478 e. The van der Waals surface area contributed by atoms with Gasteiger partial charge in [-0.3, -0.25) is 0 Å². The van der Waals surface area contributed by atoms with Crippen molar-refractivity contribution in [1.82, 2.24) is 0 Å². The van der Waals surface area contributed by atoms with Gasteiger partial charge in [-0.25, -0.2) is 4.79 Å². The molecule has 1 atom stereocenters. The van der Waals surface area contributed by atoms with E-state index in [1.165, 1.54) is 6.07 Å². The van der Waals surface area contributed by atoms with Crippen LogP contribution in [0.4, 0.5) is 11.4 Å². The lowest BCUT2D eigenvalue weighted by molar-refractivity contribution is -0.0864. The molecular weight excluding hydrogens is 268 g/mol. The number of nitrogens with one attached hydrogen (secondary N) is 1. The molecule has 1 aromatic rings. The van der Waals surface area contributed by atoms with Crippen LogP contribution in [-0.2, 0) is 4.74 Å². The van der Waals surface area contributed by atoms with Crippen molar-refractivity contribution < 1.29 is 14.6 Å². The zero-order valence-electron chi connectivity index (χ0n) is 12.7. The molecule has 0 spiro atoms. The van der Waals surface area contributed by atoms with Gasteiger partial charge in [0.15, 0.2) is 0 Å². The summed E-state index contributed by atoms with van der Waals surface area (Å²) in [5.74, 6) is -0.943. The second-order valence-electron chi connectivity index (χ2n) is 5.68. The first-order valence-corrected chi connectivity index (χ1v) is 7.53. The van der Waals surface area contributed by atoms with Gasteiger partial charge in [0, 0.05) is 12.6 Å². The molecule has 4 N–H and O–H groups in total. The molecule has 5 heteroatoms. The number of carbonyl (C=O) groups is 1. The number of hydrogen-bond acceptors (Lipinski definition) is 4. The number of carboxylic acid groups (broad SMARTS) is 1. The summed E-state index contributed by atoms with van der Waals surface area (Å²) in [7, 11) is 0. The molecule has 1 heterocycles. The maximum atomic E-state index is 11.1. The Bertz CT molecular complexity index is 512. The molecule has 0 amide bonds. The maximum absolute atomic E-state index is 11.1. The van der Waals surface area contributed by atoms with Crippen LogP contribution >= 0.6 is 0 Å². The number of benzene rings is 1. The molecule has 0 bridgehead atoms. The van der Waals surface area contributed by atoms with E-state index in [-0.39, 0.29) is 17.2 Å². The highest BCUT2D eigenvalue weighted by Crippen LogP contribution is 2.33. The second kappa shape index (κ2) is 6.35. The minimum absolute atomic E-state index is 0.0743. The highest BCUT2D eigenvalue weighted by atomic mass is 16.5. The lowest BCUT2D eigenvalue weighted by Crippen LogP contribution is -2.43. The molecular formula is C16H24N2O3. The molecule has 2 rings (SSSR count). The molecule has 116 valence electrons. The average Bonchev–Trinajstić information content (AvgIpc) is 2.49. The van der Waals surface area contributed by atoms with Crippen LogP contribution in [0.5, 0.6) is 0 Å². The van der Waals surface area contributed by atoms with Gasteiger partial charge in [-0.15, -0.1) is 0 Å². The van der Waals surface area contributed by atoms with Crippen LogP contribution in [0.15, 0.2) is 18.2 Å². The van der Waals surface area contributed by atoms with Crippen molar-refractivity contribution in [2.75, 3.05) is 17.7 Å². The quantitative estimate of drug-likeness (QED) is 0.726. The van der Waals surface area contributed by atoms with Crippen LogP contribution in [-0.4, -0.2) is 29.3 Å². The number of aromatic carboxylic acids is 1. The second-order valence-corrected chi connectivity index (χ2v) is 5.68. The topological polar surface area (TPSA) is 84.6 Å². The van der Waals surface area contributed by atoms with E-state index in [1.807, 2.05) is 0 Å². The van der Waals surface area contributed by atoms with Gasteiger partial charge in [0.25, 0.3) is 0 Å². The van der Waals surface area contributed by atoms with Gasteiger partial charge < -0.3 is 20.9 Å². The fourth-order valence-corrected chi connectivity index (χ4v) is 2.93. The molecule has 0 radical (unpaired) electrons. The number of nitrogens with two attached hydrogens (primary N) is 1. The standard InChI is InChI=1S/C16H24N2O3/c1-3-16(4-2)10-12(7-8-21-16)18-14-9-11(15(19)20)5-6-13(14)17/h5-6,9,12,18H,3-4,7-8,10,17H2,1-2H3,(H,19,20). The third kappa shape index (κ3) is 3.47. The normalized spacial score (nSPS) is 21.0. The number of nitrogen functional groups attached to an aromatic ring is 1. The minimum atomic E-state index is -0.943. The zero-order chi connectivity index (χ0) is 15.5. The summed E-state index contributed by atoms with van der Waals surface area (Å²) in [6.45, 7) is 5.01. The first kappa shape index (κ1) is 15.6. The van der Waals surface area contributed by atoms with E-state index in [9.17, 15) is 4.79 Å². The summed E-state index contributed by atoms with van der Waals surface area (Å²) in [5, 5.41) is 12.5. The van der Waals surface area contributed by atoms with Crippen LogP contribution < -0.4 is 11.1 Å². The van der Waals surface area contributed by atoms with E-state index < -0.39 is 5.97 Å². The molecule has 1 unspecified atom stereocenters. The maximum Gasteiger partial charge on any atom is 0.335 e. The Morgan fingerprint density at radius 2 is 2.19 bits per heavy atom. The van der Waals surface area contributed by atoms with E-state index in [2.05, 4.69) is 19.2 Å². The first-order valence-electron chi connectivity index (χ1n) is 7.53. The zero-order valence-corrected chi connectivity index (χ0v) is 12.7. The molecule has 1 fully saturated rings. The molecule has 0 aromatic heterocycles. The number of hydrogen-bond donors (Lipinski definition) is 3. The van der Waals surface area contributed by atoms with Crippen molar-refractivity contribution >= 4 is 17.3 Å². The third-order valence-corrected chi connectivity index (χ3v) is 4.44. The van der Waals surface area contributed by atoms with Crippen LogP contribution in [0.1, 0.15) is 49.9 Å². The Labute approximate surface area is 125 Å². The SMILES string of the molecule is CCC1(CC)CC(Nc2cc(C(=O)O)ccc2N)CCO1. The number of ether oxygens (including phenoxy) is 1. The Balaban J connectivity index is 2.14. The first-order chi connectivity index (χ1) is 9.99.